The van der Waals surface area contributed by atoms with Gasteiger partial charge in [0.2, 0.25) is 0 Å². The van der Waals surface area contributed by atoms with Crippen molar-refractivity contribution in [1.29, 1.82) is 0 Å². The third-order valence-corrected chi connectivity index (χ3v) is 4.23. The zero-order chi connectivity index (χ0) is 12.7. The summed E-state index contributed by atoms with van der Waals surface area (Å²) in [7, 11) is 0. The van der Waals surface area contributed by atoms with Gasteiger partial charge in [-0.2, -0.15) is 0 Å². The summed E-state index contributed by atoms with van der Waals surface area (Å²) in [5.41, 5.74) is 0.675. The van der Waals surface area contributed by atoms with Crippen LogP contribution in [0.2, 0.25) is 0 Å². The monoisotopic (exact) mass is 235 g/mol. The maximum atomic E-state index is 3.81. The Bertz CT molecular complexity index is 295. The summed E-state index contributed by atoms with van der Waals surface area (Å²) in [6, 6.07) is 0. The average molecular weight is 235 g/mol. The van der Waals surface area contributed by atoms with Crippen LogP contribution in [0, 0.1) is 23.2 Å². The second kappa shape index (κ2) is 4.42. The minimum Gasteiger partial charge on any atom is -0.311 e. The number of hydrogen-bond acceptors (Lipinski definition) is 1. The maximum Gasteiger partial charge on any atom is 0.0130 e. The highest BCUT2D eigenvalue weighted by atomic mass is 15.0. The molecule has 0 saturated heterocycles. The Kier molecular flexibility index (Phi) is 3.42. The van der Waals surface area contributed by atoms with Gasteiger partial charge < -0.3 is 5.32 Å². The van der Waals surface area contributed by atoms with E-state index in [1.165, 1.54) is 25.8 Å². The van der Waals surface area contributed by atoms with E-state index in [0.717, 1.165) is 17.8 Å². The number of rotatable bonds is 4. The van der Waals surface area contributed by atoms with Crippen molar-refractivity contribution in [2.75, 3.05) is 6.54 Å². The van der Waals surface area contributed by atoms with Crippen molar-refractivity contribution in [3.63, 3.8) is 0 Å². The molecule has 17 heavy (non-hydrogen) atoms. The molecule has 1 N–H and O–H groups in total. The molecule has 0 aliphatic heterocycles. The van der Waals surface area contributed by atoms with Gasteiger partial charge in [-0.1, -0.05) is 32.9 Å². The standard InChI is InChI=1S/C16H29N/c1-15(2,3)11-16(4,5)17-10-14-9-12-6-7-13(14)8-12/h6-7,12-14,17H,8-11H2,1-5H3. The first-order valence-corrected chi connectivity index (χ1v) is 7.19. The van der Waals surface area contributed by atoms with E-state index in [2.05, 4.69) is 52.1 Å². The maximum absolute atomic E-state index is 3.81. The minimum atomic E-state index is 0.268. The van der Waals surface area contributed by atoms with E-state index in [0.29, 0.717) is 5.41 Å². The highest BCUT2D eigenvalue weighted by molar-refractivity contribution is 5.10. The lowest BCUT2D eigenvalue weighted by Crippen LogP contribution is -2.45. The summed E-state index contributed by atoms with van der Waals surface area (Å²) < 4.78 is 0. The second-order valence-electron chi connectivity index (χ2n) is 8.04. The zero-order valence-corrected chi connectivity index (χ0v) is 12.2. The third kappa shape index (κ3) is 3.58. The normalized spacial score (nSPS) is 32.4. The van der Waals surface area contributed by atoms with Crippen LogP contribution in [0.4, 0.5) is 0 Å². The molecule has 0 spiro atoms. The number of nitrogens with one attached hydrogen (secondary N) is 1. The average Bonchev–Trinajstić information content (AvgIpc) is 2.71. The Hall–Kier alpha value is -0.300. The summed E-state index contributed by atoms with van der Waals surface area (Å²) >= 11 is 0. The van der Waals surface area contributed by atoms with Crippen LogP contribution in [0.1, 0.15) is 53.9 Å². The van der Waals surface area contributed by atoms with Crippen LogP contribution in [0.25, 0.3) is 0 Å². The molecule has 1 saturated carbocycles. The van der Waals surface area contributed by atoms with Crippen LogP contribution in [0.15, 0.2) is 12.2 Å². The molecular weight excluding hydrogens is 206 g/mol. The van der Waals surface area contributed by atoms with E-state index < -0.39 is 0 Å². The van der Waals surface area contributed by atoms with Crippen LogP contribution >= 0.6 is 0 Å². The summed E-state index contributed by atoms with van der Waals surface area (Å²) in [6.45, 7) is 12.9. The number of hydrogen-bond donors (Lipinski definition) is 1. The fraction of sp³-hybridized carbons (Fsp3) is 0.875. The van der Waals surface area contributed by atoms with Gasteiger partial charge in [-0.05, 0) is 62.8 Å². The molecular formula is C16H29N. The van der Waals surface area contributed by atoms with Gasteiger partial charge in [0.15, 0.2) is 0 Å². The molecule has 3 unspecified atom stereocenters. The van der Waals surface area contributed by atoms with Crippen LogP contribution in [0.3, 0.4) is 0 Å². The van der Waals surface area contributed by atoms with Crippen LogP contribution in [-0.4, -0.2) is 12.1 Å². The quantitative estimate of drug-likeness (QED) is 0.726. The minimum absolute atomic E-state index is 0.268. The Morgan fingerprint density at radius 3 is 2.24 bits per heavy atom. The topological polar surface area (TPSA) is 12.0 Å². The Morgan fingerprint density at radius 1 is 1.06 bits per heavy atom. The molecule has 0 aromatic carbocycles. The molecule has 2 aliphatic carbocycles. The van der Waals surface area contributed by atoms with Gasteiger partial charge in [0, 0.05) is 5.54 Å². The van der Waals surface area contributed by atoms with Gasteiger partial charge in [0.1, 0.15) is 0 Å². The largest absolute Gasteiger partial charge is 0.311 e. The lowest BCUT2D eigenvalue weighted by Gasteiger charge is -2.35. The Balaban J connectivity index is 1.80. The Morgan fingerprint density at radius 2 is 1.76 bits per heavy atom. The van der Waals surface area contributed by atoms with E-state index in [9.17, 15) is 0 Å². The van der Waals surface area contributed by atoms with Crippen molar-refractivity contribution >= 4 is 0 Å². The van der Waals surface area contributed by atoms with Gasteiger partial charge in [-0.25, -0.2) is 0 Å². The van der Waals surface area contributed by atoms with E-state index in [1.54, 1.807) is 0 Å². The van der Waals surface area contributed by atoms with Crippen molar-refractivity contribution in [1.82, 2.24) is 5.32 Å². The summed E-state index contributed by atoms with van der Waals surface area (Å²) in [5, 5.41) is 3.81. The van der Waals surface area contributed by atoms with E-state index in [1.807, 2.05) is 0 Å². The summed E-state index contributed by atoms with van der Waals surface area (Å²) in [4.78, 5) is 0. The smallest absolute Gasteiger partial charge is 0.0130 e. The zero-order valence-electron chi connectivity index (χ0n) is 12.2. The van der Waals surface area contributed by atoms with Gasteiger partial charge in [-0.15, -0.1) is 0 Å². The predicted molar refractivity (Wildman–Crippen MR) is 75.0 cm³/mol. The van der Waals surface area contributed by atoms with E-state index >= 15 is 0 Å². The SMILES string of the molecule is CC(C)(C)CC(C)(C)NCC1CC2C=CC1C2. The molecule has 1 nitrogen and oxygen atoms in total. The summed E-state index contributed by atoms with van der Waals surface area (Å²) in [6.07, 6.45) is 8.96. The fourth-order valence-corrected chi connectivity index (χ4v) is 3.93. The molecule has 2 bridgehead atoms. The second-order valence-corrected chi connectivity index (χ2v) is 8.04. The molecule has 2 rings (SSSR count). The van der Waals surface area contributed by atoms with Gasteiger partial charge in [0.05, 0.1) is 0 Å². The Labute approximate surface area is 107 Å². The van der Waals surface area contributed by atoms with Crippen molar-refractivity contribution in [2.45, 2.75) is 59.4 Å². The van der Waals surface area contributed by atoms with E-state index in [-0.39, 0.29) is 5.54 Å². The van der Waals surface area contributed by atoms with Gasteiger partial charge >= 0.3 is 0 Å². The lowest BCUT2D eigenvalue weighted by atomic mass is 9.81. The molecule has 0 aromatic rings. The number of allylic oxidation sites excluding steroid dienone is 2. The molecule has 0 heterocycles. The number of fused-ring (bicyclic) bond motifs is 2. The highest BCUT2D eigenvalue weighted by Crippen LogP contribution is 2.43. The first-order chi connectivity index (χ1) is 7.75. The van der Waals surface area contributed by atoms with Gasteiger partial charge in [0.25, 0.3) is 0 Å². The van der Waals surface area contributed by atoms with Crippen molar-refractivity contribution in [3.8, 4) is 0 Å². The first kappa shape index (κ1) is 13.1. The van der Waals surface area contributed by atoms with Crippen molar-refractivity contribution in [3.05, 3.63) is 12.2 Å². The third-order valence-electron chi connectivity index (χ3n) is 4.23. The van der Waals surface area contributed by atoms with E-state index in [4.69, 9.17) is 0 Å². The van der Waals surface area contributed by atoms with Crippen LogP contribution in [-0.2, 0) is 0 Å². The fourth-order valence-electron chi connectivity index (χ4n) is 3.93. The first-order valence-electron chi connectivity index (χ1n) is 7.19. The van der Waals surface area contributed by atoms with Crippen molar-refractivity contribution < 1.29 is 0 Å². The molecule has 3 atom stereocenters. The van der Waals surface area contributed by atoms with Crippen molar-refractivity contribution in [2.24, 2.45) is 23.2 Å². The molecule has 0 radical (unpaired) electrons. The molecule has 0 aromatic heterocycles. The molecule has 98 valence electrons. The van der Waals surface area contributed by atoms with Crippen LogP contribution < -0.4 is 5.32 Å². The molecule has 0 amide bonds. The van der Waals surface area contributed by atoms with Gasteiger partial charge in [-0.3, -0.25) is 0 Å². The molecule has 2 aliphatic rings. The molecule has 1 heteroatoms. The predicted octanol–water partition coefficient (Wildman–Crippen LogP) is 4.00. The van der Waals surface area contributed by atoms with Crippen LogP contribution in [0.5, 0.6) is 0 Å². The highest BCUT2D eigenvalue weighted by Gasteiger charge is 2.36. The lowest BCUT2D eigenvalue weighted by molar-refractivity contribution is 0.227. The summed E-state index contributed by atoms with van der Waals surface area (Å²) in [5.74, 6) is 2.67. The molecule has 1 fully saturated rings.